The minimum absolute atomic E-state index is 0.103. The van der Waals surface area contributed by atoms with Crippen LogP contribution < -0.4 is 5.32 Å². The maximum absolute atomic E-state index is 12.3. The molecule has 0 atom stereocenters. The lowest BCUT2D eigenvalue weighted by Crippen LogP contribution is -2.55. The zero-order valence-electron chi connectivity index (χ0n) is 14.8. The molecular formula is C16H28N4O2S. The summed E-state index contributed by atoms with van der Waals surface area (Å²) in [6.07, 6.45) is 3.39. The van der Waals surface area contributed by atoms with E-state index in [1.165, 1.54) is 0 Å². The van der Waals surface area contributed by atoms with Gasteiger partial charge in [-0.1, -0.05) is 0 Å². The Balaban J connectivity index is 1.93. The predicted octanol–water partition coefficient (Wildman–Crippen LogP) is 1.21. The topological polar surface area (TPSA) is 67.2 Å². The molecule has 130 valence electrons. The van der Waals surface area contributed by atoms with E-state index in [0.29, 0.717) is 12.1 Å². The second kappa shape index (κ2) is 6.73. The second-order valence-corrected chi connectivity index (χ2v) is 9.37. The summed E-state index contributed by atoms with van der Waals surface area (Å²) in [6.45, 7) is 12.6. The van der Waals surface area contributed by atoms with Gasteiger partial charge in [0, 0.05) is 53.7 Å². The number of nitrogens with zero attached hydrogens (tertiary/aromatic N) is 3. The summed E-state index contributed by atoms with van der Waals surface area (Å²) in [5.41, 5.74) is 0.289. The molecule has 1 amide bonds. The smallest absolute Gasteiger partial charge is 0.254 e. The Kier molecular flexibility index (Phi) is 5.30. The lowest BCUT2D eigenvalue weighted by Gasteiger charge is -2.40. The zero-order chi connectivity index (χ0) is 17.3. The molecule has 0 saturated carbocycles. The Morgan fingerprint density at radius 1 is 1.26 bits per heavy atom. The van der Waals surface area contributed by atoms with Crippen molar-refractivity contribution >= 4 is 16.7 Å². The van der Waals surface area contributed by atoms with Crippen LogP contribution in [0.3, 0.4) is 0 Å². The molecule has 1 N–H and O–H groups in total. The van der Waals surface area contributed by atoms with Crippen LogP contribution in [0.4, 0.5) is 0 Å². The molecule has 0 aliphatic carbocycles. The summed E-state index contributed by atoms with van der Waals surface area (Å²) < 4.78 is 13.3. The van der Waals surface area contributed by atoms with Crippen LogP contribution >= 0.6 is 0 Å². The first-order valence-electron chi connectivity index (χ1n) is 8.03. The van der Waals surface area contributed by atoms with E-state index in [1.807, 2.05) is 20.8 Å². The van der Waals surface area contributed by atoms with Gasteiger partial charge in [-0.15, -0.1) is 0 Å². The van der Waals surface area contributed by atoms with E-state index in [1.54, 1.807) is 17.1 Å². The zero-order valence-corrected chi connectivity index (χ0v) is 15.6. The fourth-order valence-electron chi connectivity index (χ4n) is 2.56. The van der Waals surface area contributed by atoms with Crippen molar-refractivity contribution in [3.63, 3.8) is 0 Å². The molecule has 1 aromatic rings. The highest BCUT2D eigenvalue weighted by molar-refractivity contribution is 7.85. The SMILES string of the molecule is CC(C)(CNC(=O)c1cnn(C(C)(C)C)c1)N1CCS(=O)CC1. The minimum Gasteiger partial charge on any atom is -0.350 e. The van der Waals surface area contributed by atoms with Crippen molar-refractivity contribution in [3.05, 3.63) is 18.0 Å². The fourth-order valence-corrected chi connectivity index (χ4v) is 3.61. The summed E-state index contributed by atoms with van der Waals surface area (Å²) in [5.74, 6) is 1.33. The van der Waals surface area contributed by atoms with E-state index >= 15 is 0 Å². The van der Waals surface area contributed by atoms with Crippen LogP contribution in [-0.2, 0) is 16.3 Å². The highest BCUT2D eigenvalue weighted by atomic mass is 32.2. The molecule has 2 rings (SSSR count). The third-order valence-corrected chi connectivity index (χ3v) is 5.52. The lowest BCUT2D eigenvalue weighted by molar-refractivity contribution is 0.0883. The number of aromatic nitrogens is 2. The quantitative estimate of drug-likeness (QED) is 0.895. The maximum Gasteiger partial charge on any atom is 0.254 e. The van der Waals surface area contributed by atoms with E-state index < -0.39 is 10.8 Å². The van der Waals surface area contributed by atoms with Gasteiger partial charge in [0.15, 0.2) is 0 Å². The van der Waals surface area contributed by atoms with Gasteiger partial charge >= 0.3 is 0 Å². The summed E-state index contributed by atoms with van der Waals surface area (Å²) in [6, 6.07) is 0. The van der Waals surface area contributed by atoms with Crippen molar-refractivity contribution in [1.82, 2.24) is 20.0 Å². The van der Waals surface area contributed by atoms with E-state index in [0.717, 1.165) is 24.6 Å². The number of carbonyl (C=O) groups is 1. The predicted molar refractivity (Wildman–Crippen MR) is 93.1 cm³/mol. The Labute approximate surface area is 141 Å². The first kappa shape index (κ1) is 18.1. The molecule has 1 saturated heterocycles. The normalized spacial score (nSPS) is 18.1. The van der Waals surface area contributed by atoms with E-state index in [9.17, 15) is 9.00 Å². The van der Waals surface area contributed by atoms with Crippen molar-refractivity contribution in [2.45, 2.75) is 45.7 Å². The third kappa shape index (κ3) is 4.64. The molecule has 1 aliphatic rings. The van der Waals surface area contributed by atoms with E-state index in [4.69, 9.17) is 0 Å². The van der Waals surface area contributed by atoms with Gasteiger partial charge in [0.25, 0.3) is 5.91 Å². The number of hydrogen-bond acceptors (Lipinski definition) is 4. The van der Waals surface area contributed by atoms with Crippen LogP contribution in [0.15, 0.2) is 12.4 Å². The van der Waals surface area contributed by atoms with Gasteiger partial charge < -0.3 is 5.32 Å². The largest absolute Gasteiger partial charge is 0.350 e. The fraction of sp³-hybridized carbons (Fsp3) is 0.750. The first-order valence-corrected chi connectivity index (χ1v) is 9.52. The van der Waals surface area contributed by atoms with Crippen LogP contribution in [0.25, 0.3) is 0 Å². The molecule has 1 aliphatic heterocycles. The molecule has 0 aromatic carbocycles. The highest BCUT2D eigenvalue weighted by Crippen LogP contribution is 2.17. The van der Waals surface area contributed by atoms with Gasteiger partial charge in [-0.25, -0.2) is 0 Å². The lowest BCUT2D eigenvalue weighted by atomic mass is 10.0. The third-order valence-electron chi connectivity index (χ3n) is 4.25. The number of rotatable bonds is 4. The average Bonchev–Trinajstić information content (AvgIpc) is 2.95. The molecule has 0 radical (unpaired) electrons. The molecule has 1 aromatic heterocycles. The maximum atomic E-state index is 12.3. The van der Waals surface area contributed by atoms with Gasteiger partial charge in [0.1, 0.15) is 0 Å². The molecule has 0 unspecified atom stereocenters. The molecule has 0 bridgehead atoms. The van der Waals surface area contributed by atoms with Gasteiger partial charge in [0.05, 0.1) is 17.3 Å². The van der Waals surface area contributed by atoms with Gasteiger partial charge in [-0.2, -0.15) is 5.10 Å². The highest BCUT2D eigenvalue weighted by Gasteiger charge is 2.30. The minimum atomic E-state index is -0.684. The van der Waals surface area contributed by atoms with Crippen LogP contribution in [0.1, 0.15) is 45.0 Å². The number of amides is 1. The van der Waals surface area contributed by atoms with Crippen molar-refractivity contribution in [2.75, 3.05) is 31.1 Å². The van der Waals surface area contributed by atoms with Crippen LogP contribution in [0.2, 0.25) is 0 Å². The number of hydrogen-bond donors (Lipinski definition) is 1. The van der Waals surface area contributed by atoms with Crippen LogP contribution in [0, 0.1) is 0 Å². The molecule has 1 fully saturated rings. The molecule has 0 spiro atoms. The number of carbonyl (C=O) groups excluding carboxylic acids is 1. The second-order valence-electron chi connectivity index (χ2n) is 7.67. The molecule has 23 heavy (non-hydrogen) atoms. The molecular weight excluding hydrogens is 312 g/mol. The summed E-state index contributed by atoms with van der Waals surface area (Å²) in [4.78, 5) is 14.6. The van der Waals surface area contributed by atoms with Crippen LogP contribution in [0.5, 0.6) is 0 Å². The number of nitrogens with one attached hydrogen (secondary N) is 1. The Hall–Kier alpha value is -1.21. The Morgan fingerprint density at radius 2 is 1.87 bits per heavy atom. The monoisotopic (exact) mass is 340 g/mol. The van der Waals surface area contributed by atoms with Crippen molar-refractivity contribution in [2.24, 2.45) is 0 Å². The van der Waals surface area contributed by atoms with Gasteiger partial charge in [-0.3, -0.25) is 18.6 Å². The van der Waals surface area contributed by atoms with Crippen molar-refractivity contribution in [1.29, 1.82) is 0 Å². The first-order chi connectivity index (χ1) is 10.6. The van der Waals surface area contributed by atoms with Crippen molar-refractivity contribution in [3.8, 4) is 0 Å². The summed E-state index contributed by atoms with van der Waals surface area (Å²) in [5, 5.41) is 7.27. The Bertz CT molecular complexity index is 579. The molecule has 2 heterocycles. The average molecular weight is 340 g/mol. The molecule has 7 heteroatoms. The van der Waals surface area contributed by atoms with Crippen molar-refractivity contribution < 1.29 is 9.00 Å². The Morgan fingerprint density at radius 3 is 2.39 bits per heavy atom. The van der Waals surface area contributed by atoms with E-state index in [-0.39, 0.29) is 17.0 Å². The van der Waals surface area contributed by atoms with Gasteiger partial charge in [0.2, 0.25) is 0 Å². The van der Waals surface area contributed by atoms with Gasteiger partial charge in [-0.05, 0) is 34.6 Å². The standard InChI is InChI=1S/C16H28N4O2S/c1-15(2,3)20-11-13(10-18-20)14(21)17-12-16(4,5)19-6-8-23(22)9-7-19/h10-11H,6-9,12H2,1-5H3,(H,17,21). The van der Waals surface area contributed by atoms with E-state index in [2.05, 4.69) is 29.2 Å². The van der Waals surface area contributed by atoms with Crippen LogP contribution in [-0.4, -0.2) is 61.5 Å². The summed E-state index contributed by atoms with van der Waals surface area (Å²) in [7, 11) is -0.684. The summed E-state index contributed by atoms with van der Waals surface area (Å²) >= 11 is 0. The molecule has 6 nitrogen and oxygen atoms in total.